The van der Waals surface area contributed by atoms with Gasteiger partial charge in [-0.25, -0.2) is 4.98 Å². The third-order valence-electron chi connectivity index (χ3n) is 2.62. The molecule has 0 bridgehead atoms. The maximum absolute atomic E-state index is 11.9. The molecule has 0 aliphatic rings. The number of ether oxygens (including phenoxy) is 1. The van der Waals surface area contributed by atoms with Crippen LogP contribution in [0.15, 0.2) is 54.9 Å². The first-order valence-electron chi connectivity index (χ1n) is 6.21. The van der Waals surface area contributed by atoms with Crippen molar-refractivity contribution in [3.05, 3.63) is 66.0 Å². The molecule has 112 valence electrons. The first-order chi connectivity index (χ1) is 9.29. The minimum Gasteiger partial charge on any atom is -1.00 e. The van der Waals surface area contributed by atoms with E-state index in [1.165, 1.54) is 0 Å². The summed E-state index contributed by atoms with van der Waals surface area (Å²) in [5, 5.41) is 0. The molecule has 0 aliphatic carbocycles. The monoisotopic (exact) mass is 307 g/mol. The van der Waals surface area contributed by atoms with Crippen LogP contribution in [0.3, 0.4) is 0 Å². The molecule has 0 unspecified atom stereocenters. The van der Waals surface area contributed by atoms with Gasteiger partial charge in [0.25, 0.3) is 0 Å². The lowest BCUT2D eigenvalue weighted by Crippen LogP contribution is -3.00. The molecule has 1 heterocycles. The zero-order valence-corrected chi connectivity index (χ0v) is 12.4. The Kier molecular flexibility index (Phi) is 8.69. The number of halogens is 1. The van der Waals surface area contributed by atoms with Crippen LogP contribution in [0.4, 0.5) is 0 Å². The molecule has 2 rings (SSSR count). The van der Waals surface area contributed by atoms with Crippen molar-refractivity contribution >= 4 is 11.9 Å². The third-order valence-corrected chi connectivity index (χ3v) is 2.62. The molecule has 5 heteroatoms. The highest BCUT2D eigenvalue weighted by Crippen LogP contribution is 2.13. The Balaban J connectivity index is 0.00000200. The number of ketones is 1. The van der Waals surface area contributed by atoms with Gasteiger partial charge in [-0.2, -0.15) is 0 Å². The number of H-pyrrole nitrogens is 1. The molecule has 0 spiro atoms. The largest absolute Gasteiger partial charge is 1.00 e. The molecule has 0 saturated carbocycles. The number of carbonyl (C=O) groups is 1. The van der Waals surface area contributed by atoms with Crippen LogP contribution >= 0.6 is 0 Å². The van der Waals surface area contributed by atoms with Crippen LogP contribution < -0.4 is 22.1 Å². The smallest absolute Gasteiger partial charge is 0.186 e. The average molecular weight is 308 g/mol. The van der Waals surface area contributed by atoms with Gasteiger partial charge in [-0.3, -0.25) is 4.79 Å². The maximum Gasteiger partial charge on any atom is 0.186 e. The number of allylic oxidation sites excluding steroid dienone is 1. The Morgan fingerprint density at radius 2 is 1.76 bits per heavy atom. The summed E-state index contributed by atoms with van der Waals surface area (Å²) in [7, 11) is 0. The second kappa shape index (κ2) is 9.69. The van der Waals surface area contributed by atoms with Crippen LogP contribution in [0.2, 0.25) is 0 Å². The Labute approximate surface area is 130 Å². The Morgan fingerprint density at radius 3 is 2.33 bits per heavy atom. The quantitative estimate of drug-likeness (QED) is 0.524. The maximum atomic E-state index is 11.9. The van der Waals surface area contributed by atoms with Crippen molar-refractivity contribution in [1.82, 2.24) is 0 Å². The summed E-state index contributed by atoms with van der Waals surface area (Å²) >= 11 is 0. The van der Waals surface area contributed by atoms with Gasteiger partial charge in [-0.05, 0) is 30.7 Å². The van der Waals surface area contributed by atoms with Crippen LogP contribution in [0.1, 0.15) is 22.8 Å². The molecule has 0 saturated heterocycles. The van der Waals surface area contributed by atoms with Crippen molar-refractivity contribution in [2.24, 2.45) is 0 Å². The Morgan fingerprint density at radius 1 is 1.14 bits per heavy atom. The highest BCUT2D eigenvalue weighted by Gasteiger charge is 2.01. The van der Waals surface area contributed by atoms with E-state index in [9.17, 15) is 4.79 Å². The van der Waals surface area contributed by atoms with Crippen LogP contribution in [0, 0.1) is 0 Å². The number of carbonyl (C=O) groups excluding carboxylic acids is 1. The van der Waals surface area contributed by atoms with Crippen molar-refractivity contribution in [1.29, 1.82) is 0 Å². The van der Waals surface area contributed by atoms with Crippen molar-refractivity contribution < 1.29 is 32.4 Å². The van der Waals surface area contributed by atoms with Gasteiger partial charge >= 0.3 is 0 Å². The molecule has 21 heavy (non-hydrogen) atoms. The first kappa shape index (κ1) is 18.8. The second-order valence-electron chi connectivity index (χ2n) is 3.99. The molecule has 0 atom stereocenters. The fraction of sp³-hybridized carbons (Fsp3) is 0.125. The van der Waals surface area contributed by atoms with E-state index in [2.05, 4.69) is 4.98 Å². The van der Waals surface area contributed by atoms with Gasteiger partial charge in [0.05, 0.1) is 6.61 Å². The van der Waals surface area contributed by atoms with E-state index in [1.54, 1.807) is 36.7 Å². The summed E-state index contributed by atoms with van der Waals surface area (Å²) in [6, 6.07) is 11.1. The zero-order chi connectivity index (χ0) is 13.5. The predicted molar refractivity (Wildman–Crippen MR) is 77.6 cm³/mol. The zero-order valence-electron chi connectivity index (χ0n) is 11.7. The lowest BCUT2D eigenvalue weighted by atomic mass is 10.1. The van der Waals surface area contributed by atoms with Crippen molar-refractivity contribution in [3.63, 3.8) is 0 Å². The number of pyridine rings is 1. The predicted octanol–water partition coefficient (Wildman–Crippen LogP) is -1.03. The molecule has 0 aliphatic heterocycles. The number of nitrogens with one attached hydrogen (secondary N) is 1. The van der Waals surface area contributed by atoms with E-state index in [-0.39, 0.29) is 23.7 Å². The number of benzene rings is 1. The molecular weight excluding hydrogens is 290 g/mol. The summed E-state index contributed by atoms with van der Waals surface area (Å²) in [6.45, 7) is 2.60. The Bertz CT molecular complexity index is 568. The van der Waals surface area contributed by atoms with Crippen LogP contribution in [-0.2, 0) is 0 Å². The molecule has 0 fully saturated rings. The fourth-order valence-corrected chi connectivity index (χ4v) is 1.66. The van der Waals surface area contributed by atoms with Gasteiger partial charge in [0.15, 0.2) is 18.2 Å². The summed E-state index contributed by atoms with van der Waals surface area (Å²) in [4.78, 5) is 14.8. The van der Waals surface area contributed by atoms with E-state index in [4.69, 9.17) is 4.74 Å². The van der Waals surface area contributed by atoms with Gasteiger partial charge in [-0.15, -0.1) is 0 Å². The van der Waals surface area contributed by atoms with E-state index in [1.807, 2.05) is 31.2 Å². The number of aromatic nitrogens is 1. The summed E-state index contributed by atoms with van der Waals surface area (Å²) in [6.07, 6.45) is 6.84. The van der Waals surface area contributed by atoms with E-state index < -0.39 is 0 Å². The molecule has 2 aromatic rings. The minimum atomic E-state index is -0.0112. The van der Waals surface area contributed by atoms with Crippen LogP contribution in [-0.4, -0.2) is 17.9 Å². The number of hydrogen-bond donors (Lipinski definition) is 0. The summed E-state index contributed by atoms with van der Waals surface area (Å²) < 4.78 is 5.36. The van der Waals surface area contributed by atoms with Crippen LogP contribution in [0.25, 0.3) is 6.08 Å². The minimum absolute atomic E-state index is 0. The number of hydrogen-bond acceptors (Lipinski definition) is 2. The number of rotatable bonds is 5. The lowest BCUT2D eigenvalue weighted by molar-refractivity contribution is -0.378. The topological polar surface area (TPSA) is 71.9 Å². The first-order valence-corrected chi connectivity index (χ1v) is 6.21. The summed E-state index contributed by atoms with van der Waals surface area (Å²) in [5.41, 5.74) is 1.64. The van der Waals surface area contributed by atoms with Crippen LogP contribution in [0.5, 0.6) is 5.75 Å². The standard InChI is InChI=1S/C16H15NO2.ClH.H2O/c1-2-19-15-6-3-13(4-7-15)5-8-16(18)14-9-11-17-12-10-14;;/h3-12H,2H2,1H3;1H;1H2/b8-5+;;. The SMILES string of the molecule is CCOc1ccc(/C=C/C(=O)c2cc[nH+]cc2)cc1.O.[Cl-]. The van der Waals surface area contributed by atoms with E-state index in [0.29, 0.717) is 12.2 Å². The molecular formula is C16H18ClNO3. The van der Waals surface area contributed by atoms with Gasteiger partial charge in [0.1, 0.15) is 5.75 Å². The Hall–Kier alpha value is -2.17. The van der Waals surface area contributed by atoms with E-state index in [0.717, 1.165) is 11.3 Å². The van der Waals surface area contributed by atoms with Gasteiger partial charge in [-0.1, -0.05) is 18.2 Å². The van der Waals surface area contributed by atoms with Gasteiger partial charge < -0.3 is 22.6 Å². The van der Waals surface area contributed by atoms with Gasteiger partial charge in [0.2, 0.25) is 0 Å². The van der Waals surface area contributed by atoms with Crippen molar-refractivity contribution in [2.45, 2.75) is 6.92 Å². The number of aromatic amines is 1. The molecule has 0 radical (unpaired) electrons. The fourth-order valence-electron chi connectivity index (χ4n) is 1.66. The molecule has 1 aromatic carbocycles. The van der Waals surface area contributed by atoms with Crippen molar-refractivity contribution in [2.75, 3.05) is 6.61 Å². The third kappa shape index (κ3) is 5.77. The highest BCUT2D eigenvalue weighted by molar-refractivity contribution is 6.06. The normalized spacial score (nSPS) is 9.57. The highest BCUT2D eigenvalue weighted by atomic mass is 35.5. The molecule has 3 N–H and O–H groups in total. The lowest BCUT2D eigenvalue weighted by Gasteiger charge is -2.02. The van der Waals surface area contributed by atoms with Gasteiger partial charge in [0, 0.05) is 17.7 Å². The molecule has 1 aromatic heterocycles. The second-order valence-corrected chi connectivity index (χ2v) is 3.99. The molecule has 4 nitrogen and oxygen atoms in total. The molecule has 0 amide bonds. The van der Waals surface area contributed by atoms with Crippen molar-refractivity contribution in [3.8, 4) is 5.75 Å². The summed E-state index contributed by atoms with van der Waals surface area (Å²) in [5.74, 6) is 0.826. The average Bonchev–Trinajstić information content (AvgIpc) is 2.47. The van der Waals surface area contributed by atoms with E-state index >= 15 is 0 Å².